The third-order valence-corrected chi connectivity index (χ3v) is 3.54. The van der Waals surface area contributed by atoms with Gasteiger partial charge in [-0.1, -0.05) is 13.8 Å². The highest BCUT2D eigenvalue weighted by atomic mass is 16.6. The molecule has 1 aliphatic heterocycles. The molecule has 0 bridgehead atoms. The molecule has 0 radical (unpaired) electrons. The minimum Gasteiger partial charge on any atom is -0.384 e. The van der Waals surface area contributed by atoms with Crippen LogP contribution in [0.15, 0.2) is 12.1 Å². The van der Waals surface area contributed by atoms with Crippen LogP contribution in [0.4, 0.5) is 17.3 Å². The van der Waals surface area contributed by atoms with Gasteiger partial charge in [0.15, 0.2) is 0 Å². The van der Waals surface area contributed by atoms with E-state index in [0.717, 1.165) is 19.5 Å². The monoisotopic (exact) mass is 250 g/mol. The number of nitrogens with zero attached hydrogens (tertiary/aromatic N) is 3. The van der Waals surface area contributed by atoms with Crippen LogP contribution in [0.25, 0.3) is 0 Å². The SMILES string of the molecule is CC(C)C1CCN(c2nc(N)ccc2[N+](=O)[O-])C1. The topological polar surface area (TPSA) is 85.3 Å². The van der Waals surface area contributed by atoms with E-state index in [1.54, 1.807) is 0 Å². The summed E-state index contributed by atoms with van der Waals surface area (Å²) in [5.41, 5.74) is 5.67. The second-order valence-corrected chi connectivity index (χ2v) is 5.07. The standard InChI is InChI=1S/C12H18N4O2/c1-8(2)9-5-6-15(7-9)12-10(16(17)18)3-4-11(13)14-12/h3-4,8-9H,5-7H2,1-2H3,(H2,13,14). The van der Waals surface area contributed by atoms with Gasteiger partial charge >= 0.3 is 5.69 Å². The van der Waals surface area contributed by atoms with Crippen LogP contribution >= 0.6 is 0 Å². The van der Waals surface area contributed by atoms with Crippen molar-refractivity contribution in [3.8, 4) is 0 Å². The van der Waals surface area contributed by atoms with Gasteiger partial charge in [-0.15, -0.1) is 0 Å². The van der Waals surface area contributed by atoms with Crippen molar-refractivity contribution < 1.29 is 4.92 Å². The minimum atomic E-state index is -0.398. The fraction of sp³-hybridized carbons (Fsp3) is 0.583. The highest BCUT2D eigenvalue weighted by Gasteiger charge is 2.30. The number of pyridine rings is 1. The van der Waals surface area contributed by atoms with Gasteiger partial charge in [-0.05, 0) is 24.3 Å². The van der Waals surface area contributed by atoms with E-state index >= 15 is 0 Å². The number of nitrogen functional groups attached to an aromatic ring is 1. The van der Waals surface area contributed by atoms with Gasteiger partial charge in [-0.3, -0.25) is 10.1 Å². The van der Waals surface area contributed by atoms with E-state index in [1.807, 2.05) is 4.90 Å². The van der Waals surface area contributed by atoms with Crippen molar-refractivity contribution in [2.24, 2.45) is 11.8 Å². The summed E-state index contributed by atoms with van der Waals surface area (Å²) in [6.45, 7) is 5.97. The predicted octanol–water partition coefficient (Wildman–Crippen LogP) is 2.05. The summed E-state index contributed by atoms with van der Waals surface area (Å²) in [6.07, 6.45) is 1.05. The van der Waals surface area contributed by atoms with E-state index in [-0.39, 0.29) is 5.69 Å². The number of rotatable bonds is 3. The number of nitrogens with two attached hydrogens (primary N) is 1. The second kappa shape index (κ2) is 4.80. The van der Waals surface area contributed by atoms with E-state index in [0.29, 0.717) is 23.5 Å². The van der Waals surface area contributed by atoms with Crippen LogP contribution in [0.2, 0.25) is 0 Å². The Hall–Kier alpha value is -1.85. The summed E-state index contributed by atoms with van der Waals surface area (Å²) >= 11 is 0. The summed E-state index contributed by atoms with van der Waals surface area (Å²) in [4.78, 5) is 16.7. The molecule has 1 saturated heterocycles. The lowest BCUT2D eigenvalue weighted by atomic mass is 9.95. The third kappa shape index (κ3) is 2.37. The molecule has 0 amide bonds. The molecule has 2 heterocycles. The molecule has 2 rings (SSSR count). The Morgan fingerprint density at radius 3 is 2.83 bits per heavy atom. The first-order valence-electron chi connectivity index (χ1n) is 6.15. The van der Waals surface area contributed by atoms with Crippen molar-refractivity contribution in [1.29, 1.82) is 0 Å². The summed E-state index contributed by atoms with van der Waals surface area (Å²) in [6, 6.07) is 2.90. The van der Waals surface area contributed by atoms with Gasteiger partial charge < -0.3 is 10.6 Å². The van der Waals surface area contributed by atoms with E-state index in [9.17, 15) is 10.1 Å². The van der Waals surface area contributed by atoms with Crippen LogP contribution in [0.3, 0.4) is 0 Å². The first-order valence-corrected chi connectivity index (χ1v) is 6.15. The van der Waals surface area contributed by atoms with Crippen LogP contribution in [0.5, 0.6) is 0 Å². The lowest BCUT2D eigenvalue weighted by Crippen LogP contribution is -2.23. The smallest absolute Gasteiger partial charge is 0.311 e. The first kappa shape index (κ1) is 12.6. The van der Waals surface area contributed by atoms with Crippen molar-refractivity contribution in [1.82, 2.24) is 4.98 Å². The van der Waals surface area contributed by atoms with Gasteiger partial charge in [0.2, 0.25) is 5.82 Å². The van der Waals surface area contributed by atoms with Crippen LogP contribution in [0, 0.1) is 22.0 Å². The molecule has 0 spiro atoms. The van der Waals surface area contributed by atoms with E-state index in [1.165, 1.54) is 12.1 Å². The molecule has 0 aromatic carbocycles. The largest absolute Gasteiger partial charge is 0.384 e. The fourth-order valence-electron chi connectivity index (χ4n) is 2.35. The number of anilines is 2. The quantitative estimate of drug-likeness (QED) is 0.655. The summed E-state index contributed by atoms with van der Waals surface area (Å²) in [5, 5.41) is 11.0. The normalized spacial score (nSPS) is 19.5. The van der Waals surface area contributed by atoms with Crippen LogP contribution in [-0.4, -0.2) is 23.0 Å². The summed E-state index contributed by atoms with van der Waals surface area (Å²) in [5.74, 6) is 1.87. The molecule has 1 aliphatic rings. The Morgan fingerprint density at radius 1 is 1.56 bits per heavy atom. The zero-order valence-electron chi connectivity index (χ0n) is 10.7. The molecule has 1 aromatic rings. The van der Waals surface area contributed by atoms with Gasteiger partial charge in [-0.25, -0.2) is 4.98 Å². The Balaban J connectivity index is 2.28. The van der Waals surface area contributed by atoms with Gasteiger partial charge in [0.25, 0.3) is 0 Å². The van der Waals surface area contributed by atoms with Crippen molar-refractivity contribution in [3.63, 3.8) is 0 Å². The molecule has 0 aliphatic carbocycles. The maximum atomic E-state index is 11.0. The zero-order valence-corrected chi connectivity index (χ0v) is 10.7. The predicted molar refractivity (Wildman–Crippen MR) is 70.5 cm³/mol. The lowest BCUT2D eigenvalue weighted by molar-refractivity contribution is -0.384. The minimum absolute atomic E-state index is 0.0357. The zero-order chi connectivity index (χ0) is 13.3. The number of hydrogen-bond acceptors (Lipinski definition) is 5. The average Bonchev–Trinajstić information content (AvgIpc) is 2.77. The molecule has 2 N–H and O–H groups in total. The Morgan fingerprint density at radius 2 is 2.28 bits per heavy atom. The Bertz CT molecular complexity index is 461. The fourth-order valence-corrected chi connectivity index (χ4v) is 2.35. The number of nitro groups is 1. The van der Waals surface area contributed by atoms with Crippen LogP contribution < -0.4 is 10.6 Å². The Kier molecular flexibility index (Phi) is 3.36. The van der Waals surface area contributed by atoms with Crippen molar-refractivity contribution in [2.75, 3.05) is 23.7 Å². The highest BCUT2D eigenvalue weighted by Crippen LogP contribution is 2.33. The molecule has 1 fully saturated rings. The van der Waals surface area contributed by atoms with Crippen LogP contribution in [-0.2, 0) is 0 Å². The highest BCUT2D eigenvalue weighted by molar-refractivity contribution is 5.61. The molecule has 1 aromatic heterocycles. The third-order valence-electron chi connectivity index (χ3n) is 3.54. The molecule has 6 nitrogen and oxygen atoms in total. The number of hydrogen-bond donors (Lipinski definition) is 1. The lowest BCUT2D eigenvalue weighted by Gasteiger charge is -2.19. The molecular weight excluding hydrogens is 232 g/mol. The molecule has 98 valence electrons. The van der Waals surface area contributed by atoms with Crippen molar-refractivity contribution in [3.05, 3.63) is 22.2 Å². The molecule has 0 saturated carbocycles. The van der Waals surface area contributed by atoms with Crippen molar-refractivity contribution in [2.45, 2.75) is 20.3 Å². The molecule has 18 heavy (non-hydrogen) atoms. The molecule has 1 atom stereocenters. The van der Waals surface area contributed by atoms with Gasteiger partial charge in [0.1, 0.15) is 5.82 Å². The number of aromatic nitrogens is 1. The van der Waals surface area contributed by atoms with Crippen LogP contribution in [0.1, 0.15) is 20.3 Å². The van der Waals surface area contributed by atoms with Gasteiger partial charge in [-0.2, -0.15) is 0 Å². The van der Waals surface area contributed by atoms with Gasteiger partial charge in [0.05, 0.1) is 4.92 Å². The van der Waals surface area contributed by atoms with Gasteiger partial charge in [0, 0.05) is 19.2 Å². The Labute approximate surface area is 106 Å². The first-order chi connectivity index (χ1) is 8.49. The average molecular weight is 250 g/mol. The molecule has 6 heteroatoms. The maximum Gasteiger partial charge on any atom is 0.311 e. The molecule has 1 unspecified atom stereocenters. The van der Waals surface area contributed by atoms with Crippen molar-refractivity contribution >= 4 is 17.3 Å². The summed E-state index contributed by atoms with van der Waals surface area (Å²) in [7, 11) is 0. The second-order valence-electron chi connectivity index (χ2n) is 5.07. The van der Waals surface area contributed by atoms with E-state index in [4.69, 9.17) is 5.73 Å². The maximum absolute atomic E-state index is 11.0. The summed E-state index contributed by atoms with van der Waals surface area (Å²) < 4.78 is 0. The molecular formula is C12H18N4O2. The van der Waals surface area contributed by atoms with E-state index < -0.39 is 4.92 Å². The van der Waals surface area contributed by atoms with E-state index in [2.05, 4.69) is 18.8 Å².